The minimum atomic E-state index is -0.488. The molecular weight excluding hydrogens is 286 g/mol. The molecule has 1 heterocycles. The number of aliphatic hydroxyl groups excluding tert-OH is 1. The van der Waals surface area contributed by atoms with Gasteiger partial charge in [-0.3, -0.25) is 0 Å². The Labute approximate surface area is 129 Å². The predicted molar refractivity (Wildman–Crippen MR) is 87.7 cm³/mol. The Hall–Kier alpha value is -0.840. The van der Waals surface area contributed by atoms with Crippen LogP contribution in [-0.4, -0.2) is 16.3 Å². The molecule has 108 valence electrons. The standard InChI is InChI=1S/C16H21NOS2/c1-16(2,3)14-10-20-15(17-14)9-12(18)11-7-5-6-8-13(11)19-4/h5-8,10,12,18H,9H2,1-4H3. The molecule has 0 bridgehead atoms. The molecule has 0 radical (unpaired) electrons. The number of nitrogens with zero attached hydrogens (tertiary/aromatic N) is 1. The van der Waals surface area contributed by atoms with E-state index in [0.29, 0.717) is 6.42 Å². The monoisotopic (exact) mass is 307 g/mol. The lowest BCUT2D eigenvalue weighted by molar-refractivity contribution is 0.175. The minimum Gasteiger partial charge on any atom is -0.388 e. The zero-order valence-electron chi connectivity index (χ0n) is 12.4. The van der Waals surface area contributed by atoms with Gasteiger partial charge in [-0.25, -0.2) is 4.98 Å². The Morgan fingerprint density at radius 1 is 1.30 bits per heavy atom. The third-order valence-corrected chi connectivity index (χ3v) is 4.87. The first kappa shape index (κ1) is 15.5. The summed E-state index contributed by atoms with van der Waals surface area (Å²) < 4.78 is 0. The molecule has 0 aliphatic carbocycles. The number of rotatable bonds is 4. The average molecular weight is 307 g/mol. The van der Waals surface area contributed by atoms with Crippen molar-refractivity contribution in [3.05, 3.63) is 45.9 Å². The zero-order valence-corrected chi connectivity index (χ0v) is 14.0. The highest BCUT2D eigenvalue weighted by molar-refractivity contribution is 7.98. The van der Waals surface area contributed by atoms with Crippen LogP contribution in [0.4, 0.5) is 0 Å². The van der Waals surface area contributed by atoms with E-state index in [2.05, 4.69) is 31.1 Å². The quantitative estimate of drug-likeness (QED) is 0.848. The highest BCUT2D eigenvalue weighted by atomic mass is 32.2. The fourth-order valence-electron chi connectivity index (χ4n) is 1.97. The summed E-state index contributed by atoms with van der Waals surface area (Å²) in [6.07, 6.45) is 2.13. The van der Waals surface area contributed by atoms with Gasteiger partial charge in [-0.2, -0.15) is 0 Å². The third-order valence-electron chi connectivity index (χ3n) is 3.19. The highest BCUT2D eigenvalue weighted by Gasteiger charge is 2.19. The van der Waals surface area contributed by atoms with E-state index < -0.39 is 6.10 Å². The molecule has 20 heavy (non-hydrogen) atoms. The summed E-state index contributed by atoms with van der Waals surface area (Å²) in [4.78, 5) is 5.79. The molecule has 1 atom stereocenters. The second kappa shape index (κ2) is 6.29. The topological polar surface area (TPSA) is 33.1 Å². The van der Waals surface area contributed by atoms with Crippen LogP contribution in [0.2, 0.25) is 0 Å². The van der Waals surface area contributed by atoms with E-state index in [1.54, 1.807) is 23.1 Å². The van der Waals surface area contributed by atoms with E-state index in [0.717, 1.165) is 21.2 Å². The second-order valence-electron chi connectivity index (χ2n) is 5.84. The van der Waals surface area contributed by atoms with Crippen LogP contribution >= 0.6 is 23.1 Å². The molecular formula is C16H21NOS2. The van der Waals surface area contributed by atoms with Crippen molar-refractivity contribution in [3.63, 3.8) is 0 Å². The van der Waals surface area contributed by atoms with Crippen LogP contribution in [0.25, 0.3) is 0 Å². The number of hydrogen-bond acceptors (Lipinski definition) is 4. The van der Waals surface area contributed by atoms with Crippen LogP contribution < -0.4 is 0 Å². The largest absolute Gasteiger partial charge is 0.388 e. The SMILES string of the molecule is CSc1ccccc1C(O)Cc1nc(C(C)(C)C)cs1. The van der Waals surface area contributed by atoms with E-state index in [-0.39, 0.29) is 5.41 Å². The molecule has 0 amide bonds. The van der Waals surface area contributed by atoms with Crippen molar-refractivity contribution in [2.45, 2.75) is 43.6 Å². The van der Waals surface area contributed by atoms with E-state index in [1.165, 1.54) is 0 Å². The molecule has 1 aromatic carbocycles. The summed E-state index contributed by atoms with van der Waals surface area (Å²) in [6, 6.07) is 8.02. The van der Waals surface area contributed by atoms with Crippen LogP contribution in [0.1, 0.15) is 43.1 Å². The van der Waals surface area contributed by atoms with E-state index in [4.69, 9.17) is 0 Å². The average Bonchev–Trinajstić information content (AvgIpc) is 2.87. The van der Waals surface area contributed by atoms with E-state index in [9.17, 15) is 5.11 Å². The third kappa shape index (κ3) is 3.62. The minimum absolute atomic E-state index is 0.0663. The summed E-state index contributed by atoms with van der Waals surface area (Å²) in [7, 11) is 0. The van der Waals surface area contributed by atoms with Crippen molar-refractivity contribution in [3.8, 4) is 0 Å². The van der Waals surface area contributed by atoms with Gasteiger partial charge in [0.15, 0.2) is 0 Å². The van der Waals surface area contributed by atoms with Crippen molar-refractivity contribution in [2.75, 3.05) is 6.26 Å². The molecule has 0 spiro atoms. The Bertz CT molecular complexity index is 572. The Kier molecular flexibility index (Phi) is 4.89. The number of benzene rings is 1. The molecule has 4 heteroatoms. The lowest BCUT2D eigenvalue weighted by Crippen LogP contribution is -2.12. The van der Waals surface area contributed by atoms with Crippen LogP contribution in [0.3, 0.4) is 0 Å². The summed E-state index contributed by atoms with van der Waals surface area (Å²) in [5.74, 6) is 0. The molecule has 2 rings (SSSR count). The first-order valence-electron chi connectivity index (χ1n) is 6.67. The van der Waals surface area contributed by atoms with Gasteiger partial charge in [0.2, 0.25) is 0 Å². The Morgan fingerprint density at radius 3 is 2.60 bits per heavy atom. The zero-order chi connectivity index (χ0) is 14.8. The summed E-state index contributed by atoms with van der Waals surface area (Å²) in [5.41, 5.74) is 2.16. The van der Waals surface area contributed by atoms with Crippen LogP contribution in [0.5, 0.6) is 0 Å². The van der Waals surface area contributed by atoms with Gasteiger partial charge >= 0.3 is 0 Å². The number of thioether (sulfide) groups is 1. The molecule has 1 unspecified atom stereocenters. The molecule has 2 aromatic rings. The molecule has 1 aromatic heterocycles. The maximum absolute atomic E-state index is 10.5. The van der Waals surface area contributed by atoms with Crippen molar-refractivity contribution in [1.29, 1.82) is 0 Å². The highest BCUT2D eigenvalue weighted by Crippen LogP contribution is 2.30. The maximum atomic E-state index is 10.5. The van der Waals surface area contributed by atoms with Gasteiger partial charge in [0.05, 0.1) is 16.8 Å². The van der Waals surface area contributed by atoms with Crippen molar-refractivity contribution in [2.24, 2.45) is 0 Å². The summed E-state index contributed by atoms with van der Waals surface area (Å²) in [6.45, 7) is 6.47. The number of thiazole rings is 1. The van der Waals surface area contributed by atoms with E-state index >= 15 is 0 Å². The van der Waals surface area contributed by atoms with Gasteiger partial charge in [-0.1, -0.05) is 39.0 Å². The first-order valence-corrected chi connectivity index (χ1v) is 8.78. The maximum Gasteiger partial charge on any atom is 0.0957 e. The van der Waals surface area contributed by atoms with Gasteiger partial charge in [-0.05, 0) is 17.9 Å². The molecule has 0 fully saturated rings. The Balaban J connectivity index is 2.15. The number of aliphatic hydroxyl groups is 1. The van der Waals surface area contributed by atoms with E-state index in [1.807, 2.05) is 30.5 Å². The summed E-state index contributed by atoms with van der Waals surface area (Å²) in [5, 5.41) is 13.5. The normalized spacial score (nSPS) is 13.4. The van der Waals surface area contributed by atoms with Gasteiger partial charge in [-0.15, -0.1) is 23.1 Å². The molecule has 0 saturated carbocycles. The summed E-state index contributed by atoms with van der Waals surface area (Å²) >= 11 is 3.30. The molecule has 0 saturated heterocycles. The molecule has 1 N–H and O–H groups in total. The second-order valence-corrected chi connectivity index (χ2v) is 7.63. The Morgan fingerprint density at radius 2 is 2.00 bits per heavy atom. The first-order chi connectivity index (χ1) is 9.41. The molecule has 2 nitrogen and oxygen atoms in total. The van der Waals surface area contributed by atoms with Crippen molar-refractivity contribution >= 4 is 23.1 Å². The van der Waals surface area contributed by atoms with Crippen molar-refractivity contribution < 1.29 is 5.11 Å². The number of hydrogen-bond donors (Lipinski definition) is 1. The van der Waals surface area contributed by atoms with Gasteiger partial charge < -0.3 is 5.11 Å². The van der Waals surface area contributed by atoms with Gasteiger partial charge in [0.1, 0.15) is 0 Å². The van der Waals surface area contributed by atoms with Crippen LogP contribution in [0, 0.1) is 0 Å². The van der Waals surface area contributed by atoms with Crippen molar-refractivity contribution in [1.82, 2.24) is 4.98 Å². The lowest BCUT2D eigenvalue weighted by Gasteiger charge is -2.15. The van der Waals surface area contributed by atoms with Gasteiger partial charge in [0, 0.05) is 22.1 Å². The fourth-order valence-corrected chi connectivity index (χ4v) is 3.68. The predicted octanol–water partition coefficient (Wildman–Crippen LogP) is 4.44. The van der Waals surface area contributed by atoms with Crippen LogP contribution in [-0.2, 0) is 11.8 Å². The van der Waals surface area contributed by atoms with Crippen LogP contribution in [0.15, 0.2) is 34.5 Å². The molecule has 0 aliphatic heterocycles. The fraction of sp³-hybridized carbons (Fsp3) is 0.438. The van der Waals surface area contributed by atoms with Gasteiger partial charge in [0.25, 0.3) is 0 Å². The molecule has 0 aliphatic rings. The smallest absolute Gasteiger partial charge is 0.0957 e. The lowest BCUT2D eigenvalue weighted by atomic mass is 9.93. The number of aromatic nitrogens is 1.